The molecule has 0 radical (unpaired) electrons. The first-order chi connectivity index (χ1) is 7.65. The summed E-state index contributed by atoms with van der Waals surface area (Å²) in [5, 5.41) is 8.97. The second-order valence-corrected chi connectivity index (χ2v) is 3.85. The standard InChI is InChI=1S/C11H15NO4/c1-15-10(13)8-5-3-4-7(6-12)9(8)11(14)16-2/h7-9H,3-5H2,1-2H3/t7-,8-,9+/m1/s1. The van der Waals surface area contributed by atoms with Gasteiger partial charge in [-0.25, -0.2) is 0 Å². The van der Waals surface area contributed by atoms with Gasteiger partial charge in [0.05, 0.1) is 38.0 Å². The summed E-state index contributed by atoms with van der Waals surface area (Å²) in [6.45, 7) is 0. The zero-order valence-corrected chi connectivity index (χ0v) is 9.43. The molecule has 0 amide bonds. The molecule has 0 aromatic rings. The number of hydrogen-bond acceptors (Lipinski definition) is 5. The minimum atomic E-state index is -0.684. The van der Waals surface area contributed by atoms with Crippen molar-refractivity contribution in [3.8, 4) is 6.07 Å². The van der Waals surface area contributed by atoms with Crippen LogP contribution in [-0.4, -0.2) is 26.2 Å². The summed E-state index contributed by atoms with van der Waals surface area (Å²) in [6.07, 6.45) is 1.96. The second kappa shape index (κ2) is 5.50. The summed E-state index contributed by atoms with van der Waals surface area (Å²) in [7, 11) is 2.55. The highest BCUT2D eigenvalue weighted by Crippen LogP contribution is 2.36. The number of carbonyl (C=O) groups excluding carboxylic acids is 2. The van der Waals surface area contributed by atoms with Gasteiger partial charge in [-0.15, -0.1) is 0 Å². The summed E-state index contributed by atoms with van der Waals surface area (Å²) in [4.78, 5) is 23.1. The number of esters is 2. The Hall–Kier alpha value is -1.57. The molecule has 88 valence electrons. The first-order valence-electron chi connectivity index (χ1n) is 5.21. The van der Waals surface area contributed by atoms with Crippen molar-refractivity contribution in [2.45, 2.75) is 19.3 Å². The van der Waals surface area contributed by atoms with Gasteiger partial charge in [-0.2, -0.15) is 5.26 Å². The Morgan fingerprint density at radius 1 is 1.19 bits per heavy atom. The van der Waals surface area contributed by atoms with Crippen molar-refractivity contribution in [2.24, 2.45) is 17.8 Å². The van der Waals surface area contributed by atoms with Crippen LogP contribution >= 0.6 is 0 Å². The molecule has 1 rings (SSSR count). The summed E-state index contributed by atoms with van der Waals surface area (Å²) in [5.74, 6) is -2.62. The first-order valence-corrected chi connectivity index (χ1v) is 5.21. The lowest BCUT2D eigenvalue weighted by atomic mass is 9.72. The molecule has 1 aliphatic rings. The van der Waals surface area contributed by atoms with E-state index >= 15 is 0 Å². The predicted molar refractivity (Wildman–Crippen MR) is 54.0 cm³/mol. The normalized spacial score (nSPS) is 28.9. The fraction of sp³-hybridized carbons (Fsp3) is 0.727. The lowest BCUT2D eigenvalue weighted by molar-refractivity contribution is -0.161. The summed E-state index contributed by atoms with van der Waals surface area (Å²) < 4.78 is 9.30. The smallest absolute Gasteiger partial charge is 0.310 e. The largest absolute Gasteiger partial charge is 0.469 e. The molecular weight excluding hydrogens is 210 g/mol. The van der Waals surface area contributed by atoms with E-state index in [0.717, 1.165) is 6.42 Å². The molecule has 0 spiro atoms. The van der Waals surface area contributed by atoms with Crippen LogP contribution in [0.25, 0.3) is 0 Å². The van der Waals surface area contributed by atoms with Crippen molar-refractivity contribution in [1.82, 2.24) is 0 Å². The van der Waals surface area contributed by atoms with Crippen molar-refractivity contribution in [3.05, 3.63) is 0 Å². The van der Waals surface area contributed by atoms with Crippen molar-refractivity contribution in [2.75, 3.05) is 14.2 Å². The Morgan fingerprint density at radius 2 is 1.81 bits per heavy atom. The molecule has 1 fully saturated rings. The Bertz CT molecular complexity index is 320. The van der Waals surface area contributed by atoms with Crippen LogP contribution in [0, 0.1) is 29.1 Å². The van der Waals surface area contributed by atoms with Gasteiger partial charge in [0.25, 0.3) is 0 Å². The van der Waals surface area contributed by atoms with Crippen LogP contribution in [0.3, 0.4) is 0 Å². The molecule has 1 aliphatic carbocycles. The highest BCUT2D eigenvalue weighted by atomic mass is 16.5. The SMILES string of the molecule is COC(=O)[C@H]1[C@@H](C#N)CCC[C@H]1C(=O)OC. The quantitative estimate of drug-likeness (QED) is 0.652. The van der Waals surface area contributed by atoms with E-state index in [-0.39, 0.29) is 0 Å². The van der Waals surface area contributed by atoms with E-state index in [1.165, 1.54) is 14.2 Å². The third-order valence-electron chi connectivity index (χ3n) is 3.04. The fourth-order valence-corrected chi connectivity index (χ4v) is 2.22. The Labute approximate surface area is 94.3 Å². The number of nitriles is 1. The van der Waals surface area contributed by atoms with Crippen molar-refractivity contribution < 1.29 is 19.1 Å². The molecule has 1 saturated carbocycles. The van der Waals surface area contributed by atoms with Crippen LogP contribution in [-0.2, 0) is 19.1 Å². The van der Waals surface area contributed by atoms with E-state index in [9.17, 15) is 9.59 Å². The van der Waals surface area contributed by atoms with Gasteiger partial charge in [-0.3, -0.25) is 9.59 Å². The molecule has 16 heavy (non-hydrogen) atoms. The highest BCUT2D eigenvalue weighted by Gasteiger charge is 2.43. The van der Waals surface area contributed by atoms with Crippen molar-refractivity contribution >= 4 is 11.9 Å². The number of rotatable bonds is 2. The maximum absolute atomic E-state index is 11.6. The highest BCUT2D eigenvalue weighted by molar-refractivity contribution is 5.82. The molecule has 0 saturated heterocycles. The van der Waals surface area contributed by atoms with E-state index in [4.69, 9.17) is 5.26 Å². The molecule has 0 N–H and O–H groups in total. The van der Waals surface area contributed by atoms with Gasteiger partial charge >= 0.3 is 11.9 Å². The van der Waals surface area contributed by atoms with Crippen LogP contribution < -0.4 is 0 Å². The van der Waals surface area contributed by atoms with E-state index < -0.39 is 29.7 Å². The number of hydrogen-bond donors (Lipinski definition) is 0. The first kappa shape index (κ1) is 12.5. The number of carbonyl (C=O) groups is 2. The molecule has 0 aliphatic heterocycles. The molecule has 0 heterocycles. The zero-order chi connectivity index (χ0) is 12.1. The topological polar surface area (TPSA) is 76.4 Å². The molecule has 5 heteroatoms. The van der Waals surface area contributed by atoms with Crippen LogP contribution in [0.2, 0.25) is 0 Å². The van der Waals surface area contributed by atoms with E-state index in [0.29, 0.717) is 12.8 Å². The van der Waals surface area contributed by atoms with Crippen LogP contribution in [0.5, 0.6) is 0 Å². The maximum atomic E-state index is 11.6. The average Bonchev–Trinajstić information content (AvgIpc) is 2.35. The Kier molecular flexibility index (Phi) is 4.29. The summed E-state index contributed by atoms with van der Waals surface area (Å²) in [6, 6.07) is 2.07. The van der Waals surface area contributed by atoms with Crippen molar-refractivity contribution in [1.29, 1.82) is 5.26 Å². The third-order valence-corrected chi connectivity index (χ3v) is 3.04. The lowest BCUT2D eigenvalue weighted by Gasteiger charge is -2.30. The number of ether oxygens (including phenoxy) is 2. The van der Waals surface area contributed by atoms with Gasteiger partial charge in [0.1, 0.15) is 0 Å². The van der Waals surface area contributed by atoms with Crippen LogP contribution in [0.4, 0.5) is 0 Å². The van der Waals surface area contributed by atoms with Gasteiger partial charge in [0.15, 0.2) is 0 Å². The van der Waals surface area contributed by atoms with Gasteiger partial charge < -0.3 is 9.47 Å². The average molecular weight is 225 g/mol. The fourth-order valence-electron chi connectivity index (χ4n) is 2.22. The van der Waals surface area contributed by atoms with E-state index in [1.54, 1.807) is 0 Å². The summed E-state index contributed by atoms with van der Waals surface area (Å²) in [5.41, 5.74) is 0. The number of nitrogens with zero attached hydrogens (tertiary/aromatic N) is 1. The Balaban J connectivity index is 2.92. The van der Waals surface area contributed by atoms with Gasteiger partial charge in [-0.1, -0.05) is 6.42 Å². The molecule has 0 unspecified atom stereocenters. The third kappa shape index (κ3) is 2.32. The minimum absolute atomic E-state index is 0.435. The van der Waals surface area contributed by atoms with Crippen LogP contribution in [0.15, 0.2) is 0 Å². The molecule has 0 aromatic carbocycles. The second-order valence-electron chi connectivity index (χ2n) is 3.85. The molecule has 3 atom stereocenters. The van der Waals surface area contributed by atoms with E-state index in [2.05, 4.69) is 15.5 Å². The van der Waals surface area contributed by atoms with E-state index in [1.807, 2.05) is 0 Å². The zero-order valence-electron chi connectivity index (χ0n) is 9.43. The van der Waals surface area contributed by atoms with Gasteiger partial charge in [-0.05, 0) is 12.8 Å². The predicted octanol–water partition coefficient (Wildman–Crippen LogP) is 0.888. The molecule has 0 bridgehead atoms. The van der Waals surface area contributed by atoms with Crippen molar-refractivity contribution in [3.63, 3.8) is 0 Å². The summed E-state index contributed by atoms with van der Waals surface area (Å²) >= 11 is 0. The lowest BCUT2D eigenvalue weighted by Crippen LogP contribution is -2.39. The molecular formula is C11H15NO4. The Morgan fingerprint density at radius 3 is 2.31 bits per heavy atom. The monoisotopic (exact) mass is 225 g/mol. The maximum Gasteiger partial charge on any atom is 0.310 e. The van der Waals surface area contributed by atoms with Crippen LogP contribution in [0.1, 0.15) is 19.3 Å². The molecule has 5 nitrogen and oxygen atoms in total. The van der Waals surface area contributed by atoms with Gasteiger partial charge in [0.2, 0.25) is 0 Å². The molecule has 0 aromatic heterocycles. The van der Waals surface area contributed by atoms with Gasteiger partial charge in [0, 0.05) is 0 Å². The number of methoxy groups -OCH3 is 2. The minimum Gasteiger partial charge on any atom is -0.469 e.